The summed E-state index contributed by atoms with van der Waals surface area (Å²) in [4.78, 5) is 41.6. The lowest BCUT2D eigenvalue weighted by atomic mass is 9.51. The van der Waals surface area contributed by atoms with E-state index >= 15 is 0 Å². The molecule has 1 atom stereocenters. The second kappa shape index (κ2) is 11.2. The molecule has 4 N–H and O–H groups in total. The van der Waals surface area contributed by atoms with Crippen LogP contribution in [0.25, 0.3) is 0 Å². The van der Waals surface area contributed by atoms with Gasteiger partial charge in [-0.05, 0) is 35.6 Å². The van der Waals surface area contributed by atoms with Gasteiger partial charge in [0, 0.05) is 32.7 Å². The summed E-state index contributed by atoms with van der Waals surface area (Å²) in [5, 5.41) is 33.9. The fourth-order valence-corrected chi connectivity index (χ4v) is 6.42. The Morgan fingerprint density at radius 3 is 1.66 bits per heavy atom. The molecule has 0 spiro atoms. The first-order chi connectivity index (χ1) is 15.8. The van der Waals surface area contributed by atoms with Crippen molar-refractivity contribution in [2.45, 2.75) is 86.7 Å². The number of nitrogens with one attached hydrogen (secondary N) is 1. The highest BCUT2D eigenvalue weighted by Crippen LogP contribution is 2.55. The zero-order valence-corrected chi connectivity index (χ0v) is 23.1. The van der Waals surface area contributed by atoms with Gasteiger partial charge in [-0.3, -0.25) is 4.90 Å². The van der Waals surface area contributed by atoms with Gasteiger partial charge in [0.1, 0.15) is 0 Å². The summed E-state index contributed by atoms with van der Waals surface area (Å²) < 4.78 is 0. The molecule has 10 heteroatoms. The largest absolute Gasteiger partial charge is 0.465 e. The molecule has 1 rings (SSSR count). The first-order valence-corrected chi connectivity index (χ1v) is 12.5. The van der Waals surface area contributed by atoms with E-state index in [0.717, 1.165) is 0 Å². The van der Waals surface area contributed by atoms with E-state index in [-0.39, 0.29) is 26.2 Å². The number of carbonyl (C=O) groups is 3. The molecule has 1 aliphatic heterocycles. The second-order valence-electron chi connectivity index (χ2n) is 12.7. The van der Waals surface area contributed by atoms with Gasteiger partial charge in [-0.25, -0.2) is 14.4 Å². The molecule has 0 aromatic rings. The number of rotatable bonds is 0. The summed E-state index contributed by atoms with van der Waals surface area (Å²) in [5.74, 6) is 0. The molecule has 0 aromatic heterocycles. The Bertz CT molecular complexity index is 737. The molecule has 1 saturated heterocycles. The predicted octanol–water partition coefficient (Wildman–Crippen LogP) is 4.56. The molecule has 1 aliphatic rings. The van der Waals surface area contributed by atoms with Gasteiger partial charge in [0.25, 0.3) is 0 Å². The molecule has 10 nitrogen and oxygen atoms in total. The van der Waals surface area contributed by atoms with Crippen LogP contribution in [0, 0.1) is 16.2 Å². The third kappa shape index (κ3) is 6.71. The third-order valence-corrected chi connectivity index (χ3v) is 7.11. The minimum atomic E-state index is -1.14. The molecule has 35 heavy (non-hydrogen) atoms. The van der Waals surface area contributed by atoms with Gasteiger partial charge in [-0.1, -0.05) is 62.3 Å². The molecule has 1 unspecified atom stereocenters. The van der Waals surface area contributed by atoms with E-state index in [2.05, 4.69) is 5.32 Å². The van der Waals surface area contributed by atoms with Crippen LogP contribution in [0.3, 0.4) is 0 Å². The Kier molecular flexibility index (Phi) is 9.88. The number of amides is 3. The molecule has 0 saturated carbocycles. The van der Waals surface area contributed by atoms with Gasteiger partial charge in [-0.15, -0.1) is 0 Å². The Morgan fingerprint density at radius 2 is 1.26 bits per heavy atom. The van der Waals surface area contributed by atoms with Gasteiger partial charge in [0.05, 0.1) is 11.6 Å². The SMILES string of the molecule is CC(C)(C)C1N(C(=O)O)CCCN(C(=O)O)CCNCCCN(C(=O)O)C1(C(C)(C)C)C(C)(C)C. The molecule has 0 aromatic carbocycles. The molecule has 0 aliphatic carbocycles. The van der Waals surface area contributed by atoms with Crippen LogP contribution in [0.15, 0.2) is 0 Å². The third-order valence-electron chi connectivity index (χ3n) is 7.11. The maximum atomic E-state index is 12.9. The lowest BCUT2D eigenvalue weighted by Gasteiger charge is -2.66. The Labute approximate surface area is 210 Å². The van der Waals surface area contributed by atoms with Crippen LogP contribution in [-0.2, 0) is 0 Å². The maximum Gasteiger partial charge on any atom is 0.407 e. The van der Waals surface area contributed by atoms with Crippen molar-refractivity contribution in [3.05, 3.63) is 0 Å². The molecule has 0 radical (unpaired) electrons. The first kappa shape index (κ1) is 30.8. The quantitative estimate of drug-likeness (QED) is 0.383. The Balaban J connectivity index is 3.94. The van der Waals surface area contributed by atoms with Crippen molar-refractivity contribution in [1.29, 1.82) is 0 Å². The fourth-order valence-electron chi connectivity index (χ4n) is 6.42. The Hall–Kier alpha value is -2.23. The van der Waals surface area contributed by atoms with Crippen LogP contribution in [0.5, 0.6) is 0 Å². The minimum absolute atomic E-state index is 0.0931. The Morgan fingerprint density at radius 1 is 0.714 bits per heavy atom. The molecule has 0 bridgehead atoms. The lowest BCUT2D eigenvalue weighted by molar-refractivity contribution is -0.148. The van der Waals surface area contributed by atoms with E-state index in [1.165, 1.54) is 14.7 Å². The molecule has 3 amide bonds. The van der Waals surface area contributed by atoms with E-state index in [1.807, 2.05) is 62.3 Å². The van der Waals surface area contributed by atoms with Gasteiger partial charge in [-0.2, -0.15) is 0 Å². The van der Waals surface area contributed by atoms with Crippen molar-refractivity contribution in [1.82, 2.24) is 20.0 Å². The molecule has 204 valence electrons. The van der Waals surface area contributed by atoms with Gasteiger partial charge >= 0.3 is 18.3 Å². The lowest BCUT2D eigenvalue weighted by Crippen LogP contribution is -2.78. The highest BCUT2D eigenvalue weighted by Gasteiger charge is 2.65. The van der Waals surface area contributed by atoms with Crippen LogP contribution in [-0.4, -0.2) is 99.1 Å². The van der Waals surface area contributed by atoms with Gasteiger partial charge in [0.2, 0.25) is 0 Å². The average molecular weight is 501 g/mol. The van der Waals surface area contributed by atoms with E-state index < -0.39 is 46.1 Å². The second-order valence-corrected chi connectivity index (χ2v) is 12.7. The van der Waals surface area contributed by atoms with Crippen molar-refractivity contribution >= 4 is 18.3 Å². The van der Waals surface area contributed by atoms with Crippen LogP contribution < -0.4 is 5.32 Å². The highest BCUT2D eigenvalue weighted by atomic mass is 16.4. The fraction of sp³-hybridized carbons (Fsp3) is 0.880. The van der Waals surface area contributed by atoms with Crippen molar-refractivity contribution in [2.24, 2.45) is 16.2 Å². The van der Waals surface area contributed by atoms with Crippen molar-refractivity contribution in [3.8, 4) is 0 Å². The minimum Gasteiger partial charge on any atom is -0.465 e. The summed E-state index contributed by atoms with van der Waals surface area (Å²) in [6, 6.07) is -0.710. The summed E-state index contributed by atoms with van der Waals surface area (Å²) in [5.41, 5.74) is -3.03. The molecular formula is C25H48N4O6. The number of hydrogen-bond acceptors (Lipinski definition) is 4. The topological polar surface area (TPSA) is 134 Å². The molecule has 1 fully saturated rings. The number of carboxylic acid groups (broad SMARTS) is 3. The standard InChI is InChI=1S/C25H48N4O6/c1-22(2,3)18-25(23(4,5)6,24(7,8)9)29(21(34)35)16-10-12-26-13-17-27(19(30)31)14-11-15-28(18)20(32)33/h18,26H,10-17H2,1-9H3,(H,30,31)(H,32,33)(H,34,35). The van der Waals surface area contributed by atoms with Crippen LogP contribution in [0.4, 0.5) is 14.4 Å². The average Bonchev–Trinajstić information content (AvgIpc) is 2.64. The summed E-state index contributed by atoms with van der Waals surface area (Å²) in [6.45, 7) is 19.5. The van der Waals surface area contributed by atoms with Crippen LogP contribution >= 0.6 is 0 Å². The monoisotopic (exact) mass is 500 g/mol. The summed E-state index contributed by atoms with van der Waals surface area (Å²) in [7, 11) is 0. The summed E-state index contributed by atoms with van der Waals surface area (Å²) in [6.07, 6.45) is -2.42. The van der Waals surface area contributed by atoms with Crippen molar-refractivity contribution in [3.63, 3.8) is 0 Å². The van der Waals surface area contributed by atoms with Gasteiger partial charge in [0.15, 0.2) is 0 Å². The highest BCUT2D eigenvalue weighted by molar-refractivity contribution is 5.69. The predicted molar refractivity (Wildman–Crippen MR) is 136 cm³/mol. The van der Waals surface area contributed by atoms with Gasteiger partial charge < -0.3 is 30.4 Å². The first-order valence-electron chi connectivity index (χ1n) is 12.5. The zero-order valence-electron chi connectivity index (χ0n) is 23.1. The molecule has 1 heterocycles. The van der Waals surface area contributed by atoms with E-state index in [0.29, 0.717) is 25.9 Å². The normalized spacial score (nSPS) is 21.9. The van der Waals surface area contributed by atoms with E-state index in [4.69, 9.17) is 0 Å². The number of nitrogens with zero attached hydrogens (tertiary/aromatic N) is 3. The van der Waals surface area contributed by atoms with Crippen molar-refractivity contribution in [2.75, 3.05) is 39.3 Å². The smallest absolute Gasteiger partial charge is 0.407 e. The summed E-state index contributed by atoms with van der Waals surface area (Å²) >= 11 is 0. The molecular weight excluding hydrogens is 452 g/mol. The van der Waals surface area contributed by atoms with E-state index in [9.17, 15) is 29.7 Å². The van der Waals surface area contributed by atoms with Crippen LogP contribution in [0.2, 0.25) is 0 Å². The van der Waals surface area contributed by atoms with E-state index in [1.54, 1.807) is 0 Å². The van der Waals surface area contributed by atoms with Crippen molar-refractivity contribution < 1.29 is 29.7 Å². The maximum absolute atomic E-state index is 12.9. The zero-order chi connectivity index (χ0) is 27.4. The van der Waals surface area contributed by atoms with Crippen LogP contribution in [0.1, 0.15) is 75.2 Å². The number of hydrogen-bond donors (Lipinski definition) is 4.